The molecule has 0 bridgehead atoms. The van der Waals surface area contributed by atoms with Crippen molar-refractivity contribution in [1.82, 2.24) is 4.90 Å². The summed E-state index contributed by atoms with van der Waals surface area (Å²) in [6.45, 7) is 1.52. The van der Waals surface area contributed by atoms with Crippen LogP contribution in [0.4, 0.5) is 0 Å². The Morgan fingerprint density at radius 3 is 2.71 bits per heavy atom. The number of benzene rings is 1. The van der Waals surface area contributed by atoms with Crippen LogP contribution in [0.3, 0.4) is 0 Å². The van der Waals surface area contributed by atoms with Crippen molar-refractivity contribution in [1.29, 1.82) is 0 Å². The summed E-state index contributed by atoms with van der Waals surface area (Å²) in [7, 11) is 4.06. The average molecular weight is 193 g/mol. The van der Waals surface area contributed by atoms with Gasteiger partial charge in [0.15, 0.2) is 11.5 Å². The molecule has 0 aliphatic carbocycles. The highest BCUT2D eigenvalue weighted by atomic mass is 16.6. The Balaban J connectivity index is 2.06. The molecule has 0 saturated carbocycles. The molecular formula is C11H15NO2. The first kappa shape index (κ1) is 9.34. The zero-order valence-corrected chi connectivity index (χ0v) is 8.56. The predicted octanol–water partition coefficient (Wildman–Crippen LogP) is 1.39. The standard InChI is InChI=1S/C11H15NO2/c1-12(2)7-9-8-13-10-5-3-4-6-11(10)14-9/h3-6,9H,7-8H2,1-2H3. The van der Waals surface area contributed by atoms with Gasteiger partial charge in [0.05, 0.1) is 0 Å². The van der Waals surface area contributed by atoms with Crippen molar-refractivity contribution in [3.8, 4) is 11.5 Å². The number of nitrogens with zero attached hydrogens (tertiary/aromatic N) is 1. The van der Waals surface area contributed by atoms with Crippen LogP contribution >= 0.6 is 0 Å². The largest absolute Gasteiger partial charge is 0.486 e. The molecule has 3 nitrogen and oxygen atoms in total. The molecule has 1 aliphatic heterocycles. The van der Waals surface area contributed by atoms with E-state index in [9.17, 15) is 0 Å². The lowest BCUT2D eigenvalue weighted by Gasteiger charge is -2.28. The minimum absolute atomic E-state index is 0.139. The van der Waals surface area contributed by atoms with Crippen LogP contribution in [0.15, 0.2) is 24.3 Å². The van der Waals surface area contributed by atoms with E-state index in [0.29, 0.717) is 6.61 Å². The molecule has 0 aromatic heterocycles. The van der Waals surface area contributed by atoms with Gasteiger partial charge in [-0.05, 0) is 26.2 Å². The summed E-state index contributed by atoms with van der Waals surface area (Å²) in [5, 5.41) is 0. The number of rotatable bonds is 2. The van der Waals surface area contributed by atoms with Crippen LogP contribution in [0.5, 0.6) is 11.5 Å². The maximum absolute atomic E-state index is 5.78. The second-order valence-corrected chi connectivity index (χ2v) is 3.76. The van der Waals surface area contributed by atoms with Crippen LogP contribution in [-0.4, -0.2) is 38.3 Å². The molecule has 0 spiro atoms. The third-order valence-corrected chi connectivity index (χ3v) is 2.14. The van der Waals surface area contributed by atoms with E-state index in [1.807, 2.05) is 38.4 Å². The summed E-state index contributed by atoms with van der Waals surface area (Å²) in [4.78, 5) is 2.10. The quantitative estimate of drug-likeness (QED) is 0.708. The average Bonchev–Trinajstić information content (AvgIpc) is 2.17. The van der Waals surface area contributed by atoms with Gasteiger partial charge in [-0.1, -0.05) is 12.1 Å². The Bertz CT molecular complexity index is 312. The first-order valence-corrected chi connectivity index (χ1v) is 4.79. The SMILES string of the molecule is CN(C)CC1COc2ccccc2O1. The van der Waals surface area contributed by atoms with Crippen molar-refractivity contribution in [3.05, 3.63) is 24.3 Å². The molecule has 1 heterocycles. The van der Waals surface area contributed by atoms with Crippen molar-refractivity contribution >= 4 is 0 Å². The Morgan fingerprint density at radius 1 is 1.29 bits per heavy atom. The number of fused-ring (bicyclic) bond motifs is 1. The third-order valence-electron chi connectivity index (χ3n) is 2.14. The van der Waals surface area contributed by atoms with Crippen LogP contribution in [0, 0.1) is 0 Å². The van der Waals surface area contributed by atoms with Gasteiger partial charge in [0.25, 0.3) is 0 Å². The predicted molar refractivity (Wildman–Crippen MR) is 54.9 cm³/mol. The van der Waals surface area contributed by atoms with E-state index < -0.39 is 0 Å². The van der Waals surface area contributed by atoms with E-state index in [2.05, 4.69) is 4.90 Å². The van der Waals surface area contributed by atoms with Gasteiger partial charge >= 0.3 is 0 Å². The van der Waals surface area contributed by atoms with E-state index in [1.54, 1.807) is 0 Å². The summed E-state index contributed by atoms with van der Waals surface area (Å²) in [6, 6.07) is 7.78. The zero-order valence-electron chi connectivity index (χ0n) is 8.56. The fraction of sp³-hybridized carbons (Fsp3) is 0.455. The maximum Gasteiger partial charge on any atom is 0.161 e. The van der Waals surface area contributed by atoms with Gasteiger partial charge in [0.2, 0.25) is 0 Å². The summed E-state index contributed by atoms with van der Waals surface area (Å²) in [5.41, 5.74) is 0. The maximum atomic E-state index is 5.78. The Kier molecular flexibility index (Phi) is 2.59. The highest BCUT2D eigenvalue weighted by Crippen LogP contribution is 2.30. The van der Waals surface area contributed by atoms with Crippen molar-refractivity contribution in [2.45, 2.75) is 6.10 Å². The monoisotopic (exact) mass is 193 g/mol. The smallest absolute Gasteiger partial charge is 0.161 e. The van der Waals surface area contributed by atoms with Crippen LogP contribution in [0.2, 0.25) is 0 Å². The van der Waals surface area contributed by atoms with E-state index in [-0.39, 0.29) is 6.10 Å². The fourth-order valence-corrected chi connectivity index (χ4v) is 1.56. The van der Waals surface area contributed by atoms with Crippen LogP contribution in [0.1, 0.15) is 0 Å². The lowest BCUT2D eigenvalue weighted by atomic mass is 10.2. The lowest BCUT2D eigenvalue weighted by Crippen LogP contribution is -2.37. The van der Waals surface area contributed by atoms with Gasteiger partial charge in [0.1, 0.15) is 12.7 Å². The molecule has 14 heavy (non-hydrogen) atoms. The first-order chi connectivity index (χ1) is 6.75. The molecule has 76 valence electrons. The highest BCUT2D eigenvalue weighted by Gasteiger charge is 2.20. The topological polar surface area (TPSA) is 21.7 Å². The normalized spacial score (nSPS) is 19.8. The third kappa shape index (κ3) is 1.99. The Morgan fingerprint density at radius 2 is 2.00 bits per heavy atom. The molecule has 0 N–H and O–H groups in total. The second-order valence-electron chi connectivity index (χ2n) is 3.76. The van der Waals surface area contributed by atoms with Crippen molar-refractivity contribution in [2.24, 2.45) is 0 Å². The first-order valence-electron chi connectivity index (χ1n) is 4.79. The molecule has 0 fully saturated rings. The summed E-state index contributed by atoms with van der Waals surface area (Å²) in [6.07, 6.45) is 0.139. The summed E-state index contributed by atoms with van der Waals surface area (Å²) >= 11 is 0. The number of hydrogen-bond donors (Lipinski definition) is 0. The summed E-state index contributed by atoms with van der Waals surface area (Å²) in [5.74, 6) is 1.70. The van der Waals surface area contributed by atoms with Crippen molar-refractivity contribution in [3.63, 3.8) is 0 Å². The van der Waals surface area contributed by atoms with E-state index in [0.717, 1.165) is 18.0 Å². The number of likely N-dealkylation sites (N-methyl/N-ethyl adjacent to an activating group) is 1. The molecule has 2 rings (SSSR count). The second kappa shape index (κ2) is 3.88. The lowest BCUT2D eigenvalue weighted by molar-refractivity contribution is 0.0711. The highest BCUT2D eigenvalue weighted by molar-refractivity contribution is 5.40. The van der Waals surface area contributed by atoms with Gasteiger partial charge in [0, 0.05) is 6.54 Å². The summed E-state index contributed by atoms with van der Waals surface area (Å²) < 4.78 is 11.4. The molecule has 1 aliphatic rings. The van der Waals surface area contributed by atoms with E-state index in [4.69, 9.17) is 9.47 Å². The fourth-order valence-electron chi connectivity index (χ4n) is 1.56. The minimum atomic E-state index is 0.139. The zero-order chi connectivity index (χ0) is 9.97. The molecular weight excluding hydrogens is 178 g/mol. The van der Waals surface area contributed by atoms with E-state index >= 15 is 0 Å². The molecule has 1 aromatic carbocycles. The molecule has 0 saturated heterocycles. The van der Waals surface area contributed by atoms with Crippen molar-refractivity contribution < 1.29 is 9.47 Å². The van der Waals surface area contributed by atoms with Crippen LogP contribution in [0.25, 0.3) is 0 Å². The number of ether oxygens (including phenoxy) is 2. The molecule has 0 radical (unpaired) electrons. The molecule has 1 unspecified atom stereocenters. The van der Waals surface area contributed by atoms with E-state index in [1.165, 1.54) is 0 Å². The molecule has 1 aromatic rings. The molecule has 3 heteroatoms. The van der Waals surface area contributed by atoms with Gasteiger partial charge in [-0.25, -0.2) is 0 Å². The van der Waals surface area contributed by atoms with Crippen LogP contribution in [-0.2, 0) is 0 Å². The van der Waals surface area contributed by atoms with Crippen molar-refractivity contribution in [2.75, 3.05) is 27.2 Å². The Hall–Kier alpha value is -1.22. The van der Waals surface area contributed by atoms with Gasteiger partial charge in [-0.3, -0.25) is 0 Å². The Labute approximate surface area is 84.2 Å². The molecule has 0 amide bonds. The number of hydrogen-bond acceptors (Lipinski definition) is 3. The van der Waals surface area contributed by atoms with Gasteiger partial charge < -0.3 is 14.4 Å². The number of para-hydroxylation sites is 2. The molecule has 1 atom stereocenters. The van der Waals surface area contributed by atoms with Crippen LogP contribution < -0.4 is 9.47 Å². The van der Waals surface area contributed by atoms with Gasteiger partial charge in [-0.15, -0.1) is 0 Å². The minimum Gasteiger partial charge on any atom is -0.486 e. The van der Waals surface area contributed by atoms with Gasteiger partial charge in [-0.2, -0.15) is 0 Å².